The largest absolute Gasteiger partial charge is 0.466 e. The summed E-state index contributed by atoms with van der Waals surface area (Å²) in [6.07, 6.45) is 13.4. The van der Waals surface area contributed by atoms with Crippen LogP contribution in [0.2, 0.25) is 0 Å². The number of carbonyl (C=O) groups is 1. The van der Waals surface area contributed by atoms with Crippen LogP contribution in [0.4, 0.5) is 0 Å². The minimum Gasteiger partial charge on any atom is -0.466 e. The lowest BCUT2D eigenvalue weighted by atomic mass is 10.2. The van der Waals surface area contributed by atoms with Crippen LogP contribution in [0, 0.1) is 0 Å². The average Bonchev–Trinajstić information content (AvgIpc) is 2.21. The van der Waals surface area contributed by atoms with E-state index in [9.17, 15) is 4.79 Å². The summed E-state index contributed by atoms with van der Waals surface area (Å²) in [4.78, 5) is 10.6. The Balaban J connectivity index is 3.38. The molecule has 0 heterocycles. The lowest BCUT2D eigenvalue weighted by Gasteiger charge is -1.89. The molecule has 0 fully saturated rings. The molecule has 0 unspecified atom stereocenters. The van der Waals surface area contributed by atoms with Gasteiger partial charge in [-0.05, 0) is 25.7 Å². The van der Waals surface area contributed by atoms with E-state index in [2.05, 4.69) is 17.4 Å². The molecule has 0 aromatic carbocycles. The highest BCUT2D eigenvalue weighted by molar-refractivity contribution is 5.81. The second kappa shape index (κ2) is 9.78. The third-order valence-electron chi connectivity index (χ3n) is 1.67. The number of methoxy groups -OCH3 is 1. The smallest absolute Gasteiger partial charge is 0.330 e. The van der Waals surface area contributed by atoms with E-state index in [-0.39, 0.29) is 5.97 Å². The third-order valence-corrected chi connectivity index (χ3v) is 1.67. The molecule has 0 atom stereocenters. The normalized spacial score (nSPS) is 10.9. The Kier molecular flexibility index (Phi) is 8.86. The molecule has 0 amide bonds. The van der Waals surface area contributed by atoms with Gasteiger partial charge < -0.3 is 4.74 Å². The summed E-state index contributed by atoms with van der Waals surface area (Å²) >= 11 is 0. The van der Waals surface area contributed by atoms with Gasteiger partial charge in [-0.3, -0.25) is 0 Å². The van der Waals surface area contributed by atoms with Crippen LogP contribution in [0.15, 0.2) is 37.0 Å². The molecule has 2 nitrogen and oxygen atoms in total. The van der Waals surface area contributed by atoms with Crippen molar-refractivity contribution in [1.29, 1.82) is 0 Å². The number of unbranched alkanes of at least 4 members (excludes halogenated alkanes) is 2. The van der Waals surface area contributed by atoms with Crippen molar-refractivity contribution in [2.24, 2.45) is 0 Å². The van der Waals surface area contributed by atoms with Gasteiger partial charge in [-0.15, -0.1) is 6.58 Å². The van der Waals surface area contributed by atoms with Gasteiger partial charge in [0.15, 0.2) is 0 Å². The van der Waals surface area contributed by atoms with Crippen LogP contribution in [0.25, 0.3) is 0 Å². The van der Waals surface area contributed by atoms with Crippen molar-refractivity contribution in [2.75, 3.05) is 7.11 Å². The summed E-state index contributed by atoms with van der Waals surface area (Å²) in [5, 5.41) is 0. The van der Waals surface area contributed by atoms with Crippen LogP contribution in [0.1, 0.15) is 25.7 Å². The summed E-state index contributed by atoms with van der Waals surface area (Å²) < 4.78 is 4.45. The van der Waals surface area contributed by atoms with Crippen LogP contribution in [0.5, 0.6) is 0 Å². The van der Waals surface area contributed by atoms with Gasteiger partial charge in [-0.1, -0.05) is 24.3 Å². The molecule has 0 rings (SSSR count). The van der Waals surface area contributed by atoms with Crippen LogP contribution in [-0.4, -0.2) is 13.1 Å². The first kappa shape index (κ1) is 12.7. The number of hydrogen-bond donors (Lipinski definition) is 0. The Morgan fingerprint density at radius 3 is 2.71 bits per heavy atom. The molecule has 0 aliphatic carbocycles. The van der Waals surface area contributed by atoms with Crippen LogP contribution < -0.4 is 0 Å². The van der Waals surface area contributed by atoms with Gasteiger partial charge in [-0.25, -0.2) is 4.79 Å². The molecule has 14 heavy (non-hydrogen) atoms. The van der Waals surface area contributed by atoms with Crippen molar-refractivity contribution < 1.29 is 9.53 Å². The fourth-order valence-corrected chi connectivity index (χ4v) is 0.905. The van der Waals surface area contributed by atoms with E-state index in [0.29, 0.717) is 0 Å². The van der Waals surface area contributed by atoms with Gasteiger partial charge in [0.05, 0.1) is 7.11 Å². The molecule has 0 saturated carbocycles. The summed E-state index contributed by atoms with van der Waals surface area (Å²) in [6, 6.07) is 0. The molecule has 0 aliphatic rings. The maximum atomic E-state index is 10.6. The van der Waals surface area contributed by atoms with E-state index in [1.807, 2.05) is 12.2 Å². The van der Waals surface area contributed by atoms with Gasteiger partial charge in [0.2, 0.25) is 0 Å². The molecule has 0 aliphatic heterocycles. The summed E-state index contributed by atoms with van der Waals surface area (Å²) in [5.41, 5.74) is 0. The van der Waals surface area contributed by atoms with E-state index < -0.39 is 0 Å². The summed E-state index contributed by atoms with van der Waals surface area (Å²) in [7, 11) is 1.37. The second-order valence-electron chi connectivity index (χ2n) is 2.85. The first-order chi connectivity index (χ1) is 6.81. The molecule has 0 bridgehead atoms. The highest BCUT2D eigenvalue weighted by Gasteiger charge is 1.87. The van der Waals surface area contributed by atoms with Gasteiger partial charge in [-0.2, -0.15) is 0 Å². The molecule has 0 aromatic heterocycles. The number of carbonyl (C=O) groups excluding carboxylic acids is 1. The predicted octanol–water partition coefficient (Wildman–Crippen LogP) is 3.02. The maximum Gasteiger partial charge on any atom is 0.330 e. The number of esters is 1. The Labute approximate surface area is 86.0 Å². The Morgan fingerprint density at radius 1 is 1.29 bits per heavy atom. The SMILES string of the molecule is C=CCCCC=CCC=CC(=O)OC. The molecule has 0 spiro atoms. The number of hydrogen-bond acceptors (Lipinski definition) is 2. The zero-order valence-electron chi connectivity index (χ0n) is 8.74. The van der Waals surface area contributed by atoms with Gasteiger partial charge in [0.25, 0.3) is 0 Å². The first-order valence-corrected chi connectivity index (χ1v) is 4.81. The fraction of sp³-hybridized carbons (Fsp3) is 0.417. The predicted molar refractivity (Wildman–Crippen MR) is 59.0 cm³/mol. The zero-order chi connectivity index (χ0) is 10.6. The van der Waals surface area contributed by atoms with Crippen LogP contribution in [-0.2, 0) is 9.53 Å². The fourth-order valence-electron chi connectivity index (χ4n) is 0.905. The molecule has 2 heteroatoms. The molecular formula is C12H18O2. The number of rotatable bonds is 7. The average molecular weight is 194 g/mol. The lowest BCUT2D eigenvalue weighted by Crippen LogP contribution is -1.92. The molecule has 0 N–H and O–H groups in total. The molecular weight excluding hydrogens is 176 g/mol. The standard InChI is InChI=1S/C12H18O2/c1-3-4-5-6-7-8-9-10-11-12(13)14-2/h3,7-8,10-11H,1,4-6,9H2,2H3. The Morgan fingerprint density at radius 2 is 2.07 bits per heavy atom. The van der Waals surface area contributed by atoms with E-state index >= 15 is 0 Å². The molecule has 0 saturated heterocycles. The minimum absolute atomic E-state index is 0.301. The summed E-state index contributed by atoms with van der Waals surface area (Å²) in [6.45, 7) is 3.65. The lowest BCUT2D eigenvalue weighted by molar-refractivity contribution is -0.134. The number of ether oxygens (including phenoxy) is 1. The van der Waals surface area contributed by atoms with E-state index in [1.165, 1.54) is 13.2 Å². The van der Waals surface area contributed by atoms with Gasteiger partial charge in [0, 0.05) is 6.08 Å². The van der Waals surface area contributed by atoms with Crippen LogP contribution >= 0.6 is 0 Å². The van der Waals surface area contributed by atoms with Crippen molar-refractivity contribution in [3.8, 4) is 0 Å². The van der Waals surface area contributed by atoms with E-state index in [4.69, 9.17) is 0 Å². The van der Waals surface area contributed by atoms with E-state index in [0.717, 1.165) is 25.7 Å². The summed E-state index contributed by atoms with van der Waals surface area (Å²) in [5.74, 6) is -0.301. The minimum atomic E-state index is -0.301. The van der Waals surface area contributed by atoms with Crippen molar-refractivity contribution in [3.05, 3.63) is 37.0 Å². The van der Waals surface area contributed by atoms with Crippen molar-refractivity contribution in [3.63, 3.8) is 0 Å². The first-order valence-electron chi connectivity index (χ1n) is 4.81. The molecule has 78 valence electrons. The van der Waals surface area contributed by atoms with Crippen molar-refractivity contribution in [1.82, 2.24) is 0 Å². The van der Waals surface area contributed by atoms with Crippen molar-refractivity contribution in [2.45, 2.75) is 25.7 Å². The molecule has 0 radical (unpaired) electrons. The highest BCUT2D eigenvalue weighted by atomic mass is 16.5. The Hall–Kier alpha value is -1.31. The van der Waals surface area contributed by atoms with Gasteiger partial charge in [0.1, 0.15) is 0 Å². The van der Waals surface area contributed by atoms with E-state index in [1.54, 1.807) is 6.08 Å². The number of allylic oxidation sites excluding steroid dienone is 4. The highest BCUT2D eigenvalue weighted by Crippen LogP contribution is 1.98. The topological polar surface area (TPSA) is 26.3 Å². The monoisotopic (exact) mass is 194 g/mol. The van der Waals surface area contributed by atoms with Crippen LogP contribution in [0.3, 0.4) is 0 Å². The molecule has 0 aromatic rings. The van der Waals surface area contributed by atoms with Crippen molar-refractivity contribution >= 4 is 5.97 Å². The Bertz CT molecular complexity index is 214. The zero-order valence-corrected chi connectivity index (χ0v) is 8.74. The quantitative estimate of drug-likeness (QED) is 0.269. The second-order valence-corrected chi connectivity index (χ2v) is 2.85. The third kappa shape index (κ3) is 8.78. The maximum absolute atomic E-state index is 10.6. The van der Waals surface area contributed by atoms with Gasteiger partial charge >= 0.3 is 5.97 Å².